The van der Waals surface area contributed by atoms with Gasteiger partial charge >= 0.3 is 0 Å². The Morgan fingerprint density at radius 1 is 1.12 bits per heavy atom. The van der Waals surface area contributed by atoms with Crippen LogP contribution < -0.4 is 11.1 Å². The van der Waals surface area contributed by atoms with Crippen molar-refractivity contribution in [3.8, 4) is 0 Å². The SMILES string of the molecule is CC(C)c1cccc(NC(N)=NCc2ccccc2CS(C)(=O)=O)c1.I. The zero-order chi connectivity index (χ0) is 18.4. The molecule has 26 heavy (non-hydrogen) atoms. The number of sulfone groups is 1. The molecular weight excluding hydrogens is 461 g/mol. The zero-order valence-electron chi connectivity index (χ0n) is 15.3. The number of guanidine groups is 1. The molecule has 0 aliphatic carbocycles. The smallest absolute Gasteiger partial charge is 0.193 e. The summed E-state index contributed by atoms with van der Waals surface area (Å²) >= 11 is 0. The Morgan fingerprint density at radius 2 is 1.77 bits per heavy atom. The van der Waals surface area contributed by atoms with Crippen molar-refractivity contribution >= 4 is 45.5 Å². The fourth-order valence-electron chi connectivity index (χ4n) is 2.47. The van der Waals surface area contributed by atoms with Gasteiger partial charge in [0.15, 0.2) is 15.8 Å². The molecular formula is C19H26IN3O2S. The summed E-state index contributed by atoms with van der Waals surface area (Å²) in [5.41, 5.74) is 9.69. The molecule has 0 aliphatic rings. The first kappa shape index (κ1) is 22.4. The first-order valence-corrected chi connectivity index (χ1v) is 10.2. The maximum atomic E-state index is 11.5. The lowest BCUT2D eigenvalue weighted by Gasteiger charge is -2.10. The molecule has 142 valence electrons. The maximum absolute atomic E-state index is 11.5. The van der Waals surface area contributed by atoms with Crippen LogP contribution in [0.25, 0.3) is 0 Å². The molecule has 0 atom stereocenters. The van der Waals surface area contributed by atoms with Gasteiger partial charge in [-0.15, -0.1) is 24.0 Å². The van der Waals surface area contributed by atoms with Gasteiger partial charge in [0.25, 0.3) is 0 Å². The number of halogens is 1. The average Bonchev–Trinajstić information content (AvgIpc) is 2.53. The van der Waals surface area contributed by atoms with Crippen LogP contribution in [0.15, 0.2) is 53.5 Å². The number of aliphatic imine (C=N–C) groups is 1. The minimum atomic E-state index is -3.10. The molecule has 3 N–H and O–H groups in total. The summed E-state index contributed by atoms with van der Waals surface area (Å²) < 4.78 is 23.1. The Morgan fingerprint density at radius 3 is 2.38 bits per heavy atom. The molecule has 0 saturated heterocycles. The molecule has 0 aromatic heterocycles. The summed E-state index contributed by atoms with van der Waals surface area (Å²) in [4.78, 5) is 4.34. The quantitative estimate of drug-likeness (QED) is 0.368. The molecule has 0 saturated carbocycles. The van der Waals surface area contributed by atoms with Gasteiger partial charge in [0.1, 0.15) is 0 Å². The van der Waals surface area contributed by atoms with Gasteiger partial charge in [0, 0.05) is 11.9 Å². The Bertz CT molecular complexity index is 865. The van der Waals surface area contributed by atoms with Crippen LogP contribution in [-0.2, 0) is 22.1 Å². The van der Waals surface area contributed by atoms with Gasteiger partial charge in [-0.25, -0.2) is 13.4 Å². The van der Waals surface area contributed by atoms with Crippen molar-refractivity contribution in [3.05, 3.63) is 65.2 Å². The van der Waals surface area contributed by atoms with E-state index in [0.29, 0.717) is 18.4 Å². The number of anilines is 1. The number of nitrogens with one attached hydrogen (secondary N) is 1. The van der Waals surface area contributed by atoms with E-state index in [9.17, 15) is 8.42 Å². The molecule has 0 bridgehead atoms. The number of hydrogen-bond acceptors (Lipinski definition) is 3. The van der Waals surface area contributed by atoms with Crippen molar-refractivity contribution in [3.63, 3.8) is 0 Å². The van der Waals surface area contributed by atoms with Crippen LogP contribution in [0.5, 0.6) is 0 Å². The van der Waals surface area contributed by atoms with Crippen LogP contribution in [0, 0.1) is 0 Å². The van der Waals surface area contributed by atoms with Gasteiger partial charge in [-0.1, -0.05) is 50.2 Å². The van der Waals surface area contributed by atoms with Crippen LogP contribution in [-0.4, -0.2) is 20.6 Å². The highest BCUT2D eigenvalue weighted by atomic mass is 127. The molecule has 0 radical (unpaired) electrons. The Labute approximate surface area is 173 Å². The lowest BCUT2D eigenvalue weighted by atomic mass is 10.0. The second kappa shape index (κ2) is 9.91. The van der Waals surface area contributed by atoms with Gasteiger partial charge < -0.3 is 11.1 Å². The second-order valence-electron chi connectivity index (χ2n) is 6.45. The van der Waals surface area contributed by atoms with E-state index in [1.807, 2.05) is 42.5 Å². The predicted octanol–water partition coefficient (Wildman–Crippen LogP) is 3.90. The standard InChI is InChI=1S/C19H25N3O2S.HI/c1-14(2)15-9-6-10-18(11-15)22-19(20)21-12-16-7-4-5-8-17(16)13-25(3,23)24;/h4-11,14H,12-13H2,1-3H3,(H3,20,21,22);1H. The van der Waals surface area contributed by atoms with Crippen molar-refractivity contribution in [1.82, 2.24) is 0 Å². The fraction of sp³-hybridized carbons (Fsp3) is 0.316. The molecule has 0 heterocycles. The summed E-state index contributed by atoms with van der Waals surface area (Å²) in [5.74, 6) is 0.737. The van der Waals surface area contributed by atoms with E-state index in [4.69, 9.17) is 5.73 Å². The van der Waals surface area contributed by atoms with Gasteiger partial charge in [-0.2, -0.15) is 0 Å². The predicted molar refractivity (Wildman–Crippen MR) is 120 cm³/mol. The van der Waals surface area contributed by atoms with Gasteiger partial charge in [0.05, 0.1) is 12.3 Å². The molecule has 0 spiro atoms. The number of hydrogen-bond donors (Lipinski definition) is 2. The van der Waals surface area contributed by atoms with Gasteiger partial charge in [-0.3, -0.25) is 0 Å². The Kier molecular flexibility index (Phi) is 8.55. The van der Waals surface area contributed by atoms with E-state index in [0.717, 1.165) is 16.8 Å². The van der Waals surface area contributed by atoms with Crippen molar-refractivity contribution in [2.75, 3.05) is 11.6 Å². The first-order valence-electron chi connectivity index (χ1n) is 8.16. The molecule has 0 fully saturated rings. The number of nitrogens with two attached hydrogens (primary N) is 1. The molecule has 5 nitrogen and oxygen atoms in total. The zero-order valence-corrected chi connectivity index (χ0v) is 18.4. The third-order valence-electron chi connectivity index (χ3n) is 3.78. The van der Waals surface area contributed by atoms with Crippen LogP contribution in [0.4, 0.5) is 5.69 Å². The Balaban J connectivity index is 0.00000338. The third-order valence-corrected chi connectivity index (χ3v) is 4.62. The lowest BCUT2D eigenvalue weighted by Crippen LogP contribution is -2.22. The second-order valence-corrected chi connectivity index (χ2v) is 8.59. The van der Waals surface area contributed by atoms with E-state index in [1.54, 1.807) is 0 Å². The van der Waals surface area contributed by atoms with Crippen LogP contribution in [0.3, 0.4) is 0 Å². The summed E-state index contributed by atoms with van der Waals surface area (Å²) in [5, 5.41) is 3.08. The number of rotatable bonds is 6. The molecule has 0 aliphatic heterocycles. The molecule has 7 heteroatoms. The van der Waals surface area contributed by atoms with E-state index in [2.05, 4.69) is 30.2 Å². The topological polar surface area (TPSA) is 84.5 Å². The van der Waals surface area contributed by atoms with Crippen LogP contribution in [0.2, 0.25) is 0 Å². The van der Waals surface area contributed by atoms with E-state index < -0.39 is 9.84 Å². The number of benzene rings is 2. The fourth-order valence-corrected chi connectivity index (χ4v) is 3.31. The third kappa shape index (κ3) is 7.33. The maximum Gasteiger partial charge on any atom is 0.193 e. The minimum absolute atomic E-state index is 0. The highest BCUT2D eigenvalue weighted by Gasteiger charge is 2.09. The van der Waals surface area contributed by atoms with E-state index in [1.165, 1.54) is 11.8 Å². The monoisotopic (exact) mass is 487 g/mol. The van der Waals surface area contributed by atoms with Crippen molar-refractivity contribution in [2.24, 2.45) is 10.7 Å². The van der Waals surface area contributed by atoms with Crippen molar-refractivity contribution < 1.29 is 8.42 Å². The van der Waals surface area contributed by atoms with Crippen molar-refractivity contribution in [2.45, 2.75) is 32.1 Å². The molecule has 0 amide bonds. The first-order chi connectivity index (χ1) is 11.7. The van der Waals surface area contributed by atoms with E-state index >= 15 is 0 Å². The summed E-state index contributed by atoms with van der Waals surface area (Å²) in [6, 6.07) is 15.4. The van der Waals surface area contributed by atoms with Crippen LogP contribution >= 0.6 is 24.0 Å². The van der Waals surface area contributed by atoms with E-state index in [-0.39, 0.29) is 29.7 Å². The number of nitrogens with zero attached hydrogens (tertiary/aromatic N) is 1. The highest BCUT2D eigenvalue weighted by Crippen LogP contribution is 2.18. The molecule has 2 rings (SSSR count). The lowest BCUT2D eigenvalue weighted by molar-refractivity contribution is 0.601. The average molecular weight is 487 g/mol. The molecule has 0 unspecified atom stereocenters. The molecule has 2 aromatic rings. The highest BCUT2D eigenvalue weighted by molar-refractivity contribution is 14.0. The van der Waals surface area contributed by atoms with Crippen LogP contribution in [0.1, 0.15) is 36.5 Å². The van der Waals surface area contributed by atoms with Gasteiger partial charge in [0.2, 0.25) is 0 Å². The molecule has 2 aromatic carbocycles. The normalized spacial score (nSPS) is 11.9. The Hall–Kier alpha value is -1.61. The summed E-state index contributed by atoms with van der Waals surface area (Å²) in [6.07, 6.45) is 1.23. The minimum Gasteiger partial charge on any atom is -0.370 e. The summed E-state index contributed by atoms with van der Waals surface area (Å²) in [7, 11) is -3.10. The summed E-state index contributed by atoms with van der Waals surface area (Å²) in [6.45, 7) is 4.60. The largest absolute Gasteiger partial charge is 0.370 e. The van der Waals surface area contributed by atoms with Crippen molar-refractivity contribution in [1.29, 1.82) is 0 Å². The van der Waals surface area contributed by atoms with Gasteiger partial charge in [-0.05, 0) is 34.7 Å².